The summed E-state index contributed by atoms with van der Waals surface area (Å²) in [5, 5.41) is 0. The number of hydrogen-bond donors (Lipinski definition) is 0. The molecule has 1 saturated carbocycles. The van der Waals surface area contributed by atoms with Crippen molar-refractivity contribution in [2.75, 3.05) is 0 Å². The lowest BCUT2D eigenvalue weighted by atomic mass is 9.64. The number of halogens is 1. The van der Waals surface area contributed by atoms with E-state index in [1.807, 2.05) is 12.1 Å². The third-order valence-electron chi connectivity index (χ3n) is 4.59. The highest BCUT2D eigenvalue weighted by Gasteiger charge is 2.36. The van der Waals surface area contributed by atoms with E-state index in [0.717, 1.165) is 6.42 Å². The fraction of sp³-hybridized carbons (Fsp3) is 0.474. The summed E-state index contributed by atoms with van der Waals surface area (Å²) in [5.74, 6) is -0.143. The quantitative estimate of drug-likeness (QED) is 0.595. The summed E-state index contributed by atoms with van der Waals surface area (Å²) in [7, 11) is 0. The molecule has 0 radical (unpaired) electrons. The first kappa shape index (κ1) is 15.0. The average molecular weight is 272 g/mol. The van der Waals surface area contributed by atoms with Crippen LogP contribution in [0.4, 0.5) is 4.39 Å². The summed E-state index contributed by atoms with van der Waals surface area (Å²) in [4.78, 5) is 0. The normalized spacial score (nSPS) is 19.4. The molecule has 0 nitrogen and oxygen atoms in total. The zero-order valence-electron chi connectivity index (χ0n) is 12.7. The minimum absolute atomic E-state index is 0.125. The smallest absolute Gasteiger partial charge is 0.123 e. The van der Waals surface area contributed by atoms with E-state index >= 15 is 0 Å². The summed E-state index contributed by atoms with van der Waals surface area (Å²) in [5.41, 5.74) is 2.90. The number of rotatable bonds is 4. The van der Waals surface area contributed by atoms with E-state index in [-0.39, 0.29) is 11.2 Å². The second kappa shape index (κ2) is 6.88. The molecule has 0 saturated heterocycles. The van der Waals surface area contributed by atoms with E-state index in [1.165, 1.54) is 43.2 Å². The lowest BCUT2D eigenvalue weighted by Gasteiger charge is -2.40. The van der Waals surface area contributed by atoms with Gasteiger partial charge in [-0.3, -0.25) is 0 Å². The Labute approximate surface area is 122 Å². The minimum atomic E-state index is -0.143. The van der Waals surface area contributed by atoms with E-state index in [1.54, 1.807) is 12.1 Å². The van der Waals surface area contributed by atoms with Gasteiger partial charge in [0.2, 0.25) is 0 Å². The van der Waals surface area contributed by atoms with Gasteiger partial charge >= 0.3 is 0 Å². The molecule has 108 valence electrons. The van der Waals surface area contributed by atoms with Gasteiger partial charge in [-0.15, -0.1) is 0 Å². The van der Waals surface area contributed by atoms with E-state index in [0.29, 0.717) is 0 Å². The van der Waals surface area contributed by atoms with Gasteiger partial charge in [0.1, 0.15) is 5.82 Å². The molecule has 0 heterocycles. The van der Waals surface area contributed by atoms with Crippen molar-refractivity contribution in [1.82, 2.24) is 0 Å². The fourth-order valence-electron chi connectivity index (χ4n) is 3.55. The van der Waals surface area contributed by atoms with Crippen molar-refractivity contribution in [2.45, 2.75) is 57.8 Å². The van der Waals surface area contributed by atoms with E-state index in [9.17, 15) is 4.39 Å². The van der Waals surface area contributed by atoms with Gasteiger partial charge in [-0.1, -0.05) is 62.1 Å². The Hall–Kier alpha value is -1.37. The highest BCUT2D eigenvalue weighted by Crippen LogP contribution is 2.46. The number of allylic oxidation sites excluding steroid dienone is 4. The largest absolute Gasteiger partial charge is 0.207 e. The molecule has 0 spiro atoms. The Bertz CT molecular complexity index is 473. The summed E-state index contributed by atoms with van der Waals surface area (Å²) < 4.78 is 13.2. The Morgan fingerprint density at radius 3 is 2.35 bits per heavy atom. The van der Waals surface area contributed by atoms with Crippen LogP contribution in [0.1, 0.15) is 57.9 Å². The van der Waals surface area contributed by atoms with Gasteiger partial charge < -0.3 is 0 Å². The molecule has 2 rings (SSSR count). The first-order valence-electron chi connectivity index (χ1n) is 7.81. The molecule has 1 aliphatic rings. The zero-order valence-corrected chi connectivity index (χ0v) is 12.7. The highest BCUT2D eigenvalue weighted by atomic mass is 19.1. The van der Waals surface area contributed by atoms with Gasteiger partial charge in [0.05, 0.1) is 0 Å². The lowest BCUT2D eigenvalue weighted by Crippen LogP contribution is -2.31. The Morgan fingerprint density at radius 2 is 1.80 bits per heavy atom. The van der Waals surface area contributed by atoms with Gasteiger partial charge in [0, 0.05) is 5.41 Å². The van der Waals surface area contributed by atoms with Crippen molar-refractivity contribution in [2.24, 2.45) is 0 Å². The predicted molar refractivity (Wildman–Crippen MR) is 84.4 cm³/mol. The van der Waals surface area contributed by atoms with Crippen LogP contribution in [0, 0.1) is 5.82 Å². The van der Waals surface area contributed by atoms with Gasteiger partial charge in [-0.2, -0.15) is 0 Å². The molecule has 1 aromatic rings. The zero-order chi connectivity index (χ0) is 14.4. The third-order valence-corrected chi connectivity index (χ3v) is 4.59. The molecule has 0 aliphatic heterocycles. The van der Waals surface area contributed by atoms with Crippen LogP contribution >= 0.6 is 0 Å². The summed E-state index contributed by atoms with van der Waals surface area (Å²) in [6.07, 6.45) is 13.8. The standard InChI is InChI=1S/C19H25F/c1-3-5-9-16(4-2)19(14-7-6-8-15-19)17-10-12-18(20)13-11-17/h3,5,9-13H,4,6-8,14-15H2,1-2H3/b5-3-,16-9+. The van der Waals surface area contributed by atoms with Crippen molar-refractivity contribution in [3.63, 3.8) is 0 Å². The average Bonchev–Trinajstić information content (AvgIpc) is 2.49. The fourth-order valence-corrected chi connectivity index (χ4v) is 3.55. The summed E-state index contributed by atoms with van der Waals surface area (Å²) in [6, 6.07) is 7.18. The van der Waals surface area contributed by atoms with E-state index < -0.39 is 0 Å². The molecule has 0 atom stereocenters. The molecule has 1 heteroatoms. The lowest BCUT2D eigenvalue weighted by molar-refractivity contribution is 0.333. The Morgan fingerprint density at radius 1 is 1.15 bits per heavy atom. The molecule has 0 aromatic heterocycles. The van der Waals surface area contributed by atoms with Crippen molar-refractivity contribution in [3.8, 4) is 0 Å². The summed E-state index contributed by atoms with van der Waals surface area (Å²) in [6.45, 7) is 4.28. The molecule has 0 amide bonds. The first-order valence-corrected chi connectivity index (χ1v) is 7.81. The predicted octanol–water partition coefficient (Wildman–Crippen LogP) is 5.94. The van der Waals surface area contributed by atoms with Crippen LogP contribution in [-0.4, -0.2) is 0 Å². The van der Waals surface area contributed by atoms with Gasteiger partial charge in [0.25, 0.3) is 0 Å². The molecule has 0 N–H and O–H groups in total. The number of benzene rings is 1. The van der Waals surface area contributed by atoms with E-state index in [4.69, 9.17) is 0 Å². The van der Waals surface area contributed by atoms with Crippen molar-refractivity contribution < 1.29 is 4.39 Å². The maximum absolute atomic E-state index is 13.2. The van der Waals surface area contributed by atoms with Crippen LogP contribution < -0.4 is 0 Å². The first-order chi connectivity index (χ1) is 9.73. The van der Waals surface area contributed by atoms with Crippen LogP contribution in [0.15, 0.2) is 48.1 Å². The van der Waals surface area contributed by atoms with Crippen LogP contribution in [0.5, 0.6) is 0 Å². The molecular weight excluding hydrogens is 247 g/mol. The molecule has 0 bridgehead atoms. The molecular formula is C19H25F. The third kappa shape index (κ3) is 3.03. The van der Waals surface area contributed by atoms with Crippen LogP contribution in [-0.2, 0) is 5.41 Å². The maximum Gasteiger partial charge on any atom is 0.123 e. The second-order valence-corrected chi connectivity index (χ2v) is 5.72. The Balaban J connectivity index is 2.46. The topological polar surface area (TPSA) is 0 Å². The minimum Gasteiger partial charge on any atom is -0.207 e. The van der Waals surface area contributed by atoms with Crippen molar-refractivity contribution >= 4 is 0 Å². The van der Waals surface area contributed by atoms with Crippen LogP contribution in [0.2, 0.25) is 0 Å². The van der Waals surface area contributed by atoms with Crippen LogP contribution in [0.3, 0.4) is 0 Å². The Kier molecular flexibility index (Phi) is 5.17. The van der Waals surface area contributed by atoms with Crippen molar-refractivity contribution in [1.29, 1.82) is 0 Å². The highest BCUT2D eigenvalue weighted by molar-refractivity contribution is 5.38. The van der Waals surface area contributed by atoms with Gasteiger partial charge in [-0.05, 0) is 43.9 Å². The molecule has 1 aromatic carbocycles. The SMILES string of the molecule is C/C=C\C=C(/CC)C1(c2ccc(F)cc2)CCCCC1. The maximum atomic E-state index is 13.2. The molecule has 0 unspecified atom stereocenters. The second-order valence-electron chi connectivity index (χ2n) is 5.72. The van der Waals surface area contributed by atoms with E-state index in [2.05, 4.69) is 32.1 Å². The molecule has 1 fully saturated rings. The monoisotopic (exact) mass is 272 g/mol. The summed E-state index contributed by atoms with van der Waals surface area (Å²) >= 11 is 0. The molecule has 20 heavy (non-hydrogen) atoms. The molecule has 1 aliphatic carbocycles. The van der Waals surface area contributed by atoms with Crippen molar-refractivity contribution in [3.05, 3.63) is 59.4 Å². The van der Waals surface area contributed by atoms with Crippen LogP contribution in [0.25, 0.3) is 0 Å². The van der Waals surface area contributed by atoms with Gasteiger partial charge in [-0.25, -0.2) is 4.39 Å². The van der Waals surface area contributed by atoms with Gasteiger partial charge in [0.15, 0.2) is 0 Å². The number of hydrogen-bond acceptors (Lipinski definition) is 0.